The van der Waals surface area contributed by atoms with Crippen LogP contribution >= 0.6 is 0 Å². The molecule has 2 aliphatic rings. The maximum absolute atomic E-state index is 9.04. The van der Waals surface area contributed by atoms with E-state index >= 15 is 0 Å². The van der Waals surface area contributed by atoms with E-state index in [1.54, 1.807) is 17.7 Å². The van der Waals surface area contributed by atoms with Crippen molar-refractivity contribution < 1.29 is 53.2 Å². The molecule has 22 heavy (non-hydrogen) atoms. The summed E-state index contributed by atoms with van der Waals surface area (Å²) in [6.45, 7) is 12.0. The molecule has 1 N–H and O–H groups in total. The van der Waals surface area contributed by atoms with Gasteiger partial charge in [-0.1, -0.05) is 0 Å². The molecular weight excluding hydrogens is 394 g/mol. The zero-order valence-corrected chi connectivity index (χ0v) is 18.2. The molecule has 1 nitrogen and oxygen atoms in total. The van der Waals surface area contributed by atoms with Gasteiger partial charge in [-0.25, -0.2) is 0 Å². The minimum Gasteiger partial charge on any atom is -1.00 e. The number of aliphatic hydroxyl groups is 1. The molecule has 0 saturated heterocycles. The largest absolute Gasteiger partial charge is 1.00 e. The van der Waals surface area contributed by atoms with Crippen molar-refractivity contribution in [2.24, 2.45) is 5.41 Å². The first-order valence-electron chi connectivity index (χ1n) is 7.55. The molecule has 0 amide bonds. The Bertz CT molecular complexity index is 539. The third-order valence-corrected chi connectivity index (χ3v) is 10.1. The second-order valence-electron chi connectivity index (χ2n) is 6.44. The number of hydrogen-bond acceptors (Lipinski definition) is 1. The summed E-state index contributed by atoms with van der Waals surface area (Å²) in [7, 11) is 0. The van der Waals surface area contributed by atoms with Gasteiger partial charge in [-0.3, -0.25) is 0 Å². The zero-order chi connectivity index (χ0) is 14.9. The van der Waals surface area contributed by atoms with Crippen LogP contribution in [0.3, 0.4) is 0 Å². The van der Waals surface area contributed by atoms with Crippen LogP contribution in [0, 0.1) is 5.41 Å². The Morgan fingerprint density at radius 2 is 1.77 bits per heavy atom. The minimum atomic E-state index is -0.678. The van der Waals surface area contributed by atoms with Crippen LogP contribution in [-0.4, -0.2) is 11.7 Å². The SMILES string of the molecule is CC1=C(C)C(C)(C)[C]([Zr+2][C]2=C(CCCO)C=CC2)=C1C.[Cl-].[Cl-]. The van der Waals surface area contributed by atoms with Gasteiger partial charge < -0.3 is 24.8 Å². The second-order valence-corrected chi connectivity index (χ2v) is 9.76. The molecule has 0 aromatic carbocycles. The van der Waals surface area contributed by atoms with Crippen LogP contribution in [0.2, 0.25) is 0 Å². The average molecular weight is 421 g/mol. The molecule has 0 atom stereocenters. The van der Waals surface area contributed by atoms with Crippen molar-refractivity contribution in [2.45, 2.75) is 53.9 Å². The van der Waals surface area contributed by atoms with Crippen LogP contribution in [-0.2, 0) is 23.2 Å². The number of allylic oxidation sites excluding steroid dienone is 8. The smallest absolute Gasteiger partial charge is 1.00 e. The van der Waals surface area contributed by atoms with E-state index < -0.39 is 23.2 Å². The van der Waals surface area contributed by atoms with Gasteiger partial charge in [0.25, 0.3) is 0 Å². The maximum atomic E-state index is 9.04. The monoisotopic (exact) mass is 418 g/mol. The predicted octanol–water partition coefficient (Wildman–Crippen LogP) is -1.29. The average Bonchev–Trinajstić information content (AvgIpc) is 2.91. The quantitative estimate of drug-likeness (QED) is 0.587. The van der Waals surface area contributed by atoms with Gasteiger partial charge in [-0.15, -0.1) is 0 Å². The third-order valence-electron chi connectivity index (χ3n) is 4.97. The zero-order valence-electron chi connectivity index (χ0n) is 14.2. The summed E-state index contributed by atoms with van der Waals surface area (Å²) in [6, 6.07) is 0. The van der Waals surface area contributed by atoms with Crippen LogP contribution in [0.15, 0.2) is 41.0 Å². The summed E-state index contributed by atoms with van der Waals surface area (Å²) in [6.07, 6.45) is 7.74. The molecule has 2 aliphatic carbocycles. The van der Waals surface area contributed by atoms with E-state index in [-0.39, 0.29) is 30.2 Å². The first-order chi connectivity index (χ1) is 9.39. The van der Waals surface area contributed by atoms with E-state index in [2.05, 4.69) is 46.8 Å². The van der Waals surface area contributed by atoms with Crippen molar-refractivity contribution >= 4 is 0 Å². The van der Waals surface area contributed by atoms with E-state index in [1.807, 2.05) is 0 Å². The van der Waals surface area contributed by atoms with Crippen LogP contribution < -0.4 is 24.8 Å². The van der Waals surface area contributed by atoms with Crippen molar-refractivity contribution in [3.63, 3.8) is 0 Å². The summed E-state index contributed by atoms with van der Waals surface area (Å²) < 4.78 is 3.49. The molecule has 0 bridgehead atoms. The summed E-state index contributed by atoms with van der Waals surface area (Å²) in [5, 5.41) is 9.04. The summed E-state index contributed by atoms with van der Waals surface area (Å²) in [5.74, 6) is 0. The molecule has 0 spiro atoms. The van der Waals surface area contributed by atoms with Crippen LogP contribution in [0.25, 0.3) is 0 Å². The number of aliphatic hydroxyl groups excluding tert-OH is 1. The van der Waals surface area contributed by atoms with Gasteiger partial charge in [-0.2, -0.15) is 0 Å². The molecule has 0 aliphatic heterocycles. The molecule has 0 heterocycles. The second kappa shape index (κ2) is 9.02. The summed E-state index contributed by atoms with van der Waals surface area (Å²) in [4.78, 5) is 0. The van der Waals surface area contributed by atoms with E-state index in [9.17, 15) is 0 Å². The van der Waals surface area contributed by atoms with E-state index in [1.165, 1.54) is 11.1 Å². The molecule has 2 rings (SSSR count). The van der Waals surface area contributed by atoms with Gasteiger partial charge in [-0.05, 0) is 0 Å². The van der Waals surface area contributed by atoms with E-state index in [0.717, 1.165) is 19.3 Å². The third kappa shape index (κ3) is 4.26. The fraction of sp³-hybridized carbons (Fsp3) is 0.556. The van der Waals surface area contributed by atoms with Crippen molar-refractivity contribution in [1.29, 1.82) is 0 Å². The number of hydrogen-bond donors (Lipinski definition) is 1. The Morgan fingerprint density at radius 3 is 2.27 bits per heavy atom. The van der Waals surface area contributed by atoms with Gasteiger partial charge in [0.05, 0.1) is 0 Å². The molecule has 0 saturated carbocycles. The van der Waals surface area contributed by atoms with E-state index in [0.29, 0.717) is 6.61 Å². The number of halogens is 2. The molecule has 0 fully saturated rings. The minimum absolute atomic E-state index is 0. The molecule has 122 valence electrons. The Labute approximate surface area is 159 Å². The Hall–Kier alpha value is 0.383. The van der Waals surface area contributed by atoms with Gasteiger partial charge in [0, 0.05) is 0 Å². The summed E-state index contributed by atoms with van der Waals surface area (Å²) in [5.41, 5.74) is 6.46. The number of rotatable bonds is 5. The van der Waals surface area contributed by atoms with Crippen molar-refractivity contribution in [2.75, 3.05) is 6.61 Å². The van der Waals surface area contributed by atoms with Crippen LogP contribution in [0.5, 0.6) is 0 Å². The maximum Gasteiger partial charge on any atom is -1.00 e. The van der Waals surface area contributed by atoms with Gasteiger partial charge >= 0.3 is 135 Å². The van der Waals surface area contributed by atoms with E-state index in [4.69, 9.17) is 5.11 Å². The Morgan fingerprint density at radius 1 is 1.14 bits per heavy atom. The molecule has 0 radical (unpaired) electrons. The van der Waals surface area contributed by atoms with Crippen LogP contribution in [0.4, 0.5) is 0 Å². The van der Waals surface area contributed by atoms with Gasteiger partial charge in [0.2, 0.25) is 0 Å². The molecule has 0 aromatic heterocycles. The Kier molecular flexibility index (Phi) is 9.18. The summed E-state index contributed by atoms with van der Waals surface area (Å²) >= 11 is -0.678. The molecule has 0 aromatic rings. The first-order valence-corrected chi connectivity index (χ1v) is 10.0. The molecular formula is C18H26Cl2OZr. The van der Waals surface area contributed by atoms with Crippen molar-refractivity contribution in [3.05, 3.63) is 41.0 Å². The van der Waals surface area contributed by atoms with Crippen molar-refractivity contribution in [1.82, 2.24) is 0 Å². The van der Waals surface area contributed by atoms with Crippen LogP contribution in [0.1, 0.15) is 53.9 Å². The fourth-order valence-corrected chi connectivity index (χ4v) is 7.52. The molecule has 4 heteroatoms. The van der Waals surface area contributed by atoms with Crippen molar-refractivity contribution in [3.8, 4) is 0 Å². The fourth-order valence-electron chi connectivity index (χ4n) is 3.18. The Balaban J connectivity index is 0.00000220. The van der Waals surface area contributed by atoms with Gasteiger partial charge in [0.1, 0.15) is 0 Å². The standard InChI is InChI=1S/C10H15.C8H11O.2ClH.Zr/c1-7-6-10(4,5)9(3)8(7)2;9-7-3-6-8-4-1-2-5-8;;;/h1-5H3;1,4,9H,2-3,6-7H2;2*1H;/q;;;;+2/p-2. The first kappa shape index (κ1) is 22.4. The molecule has 0 unspecified atom stereocenters. The van der Waals surface area contributed by atoms with Gasteiger partial charge in [0.15, 0.2) is 0 Å². The topological polar surface area (TPSA) is 20.2 Å². The normalized spacial score (nSPS) is 19.4. The predicted molar refractivity (Wildman–Crippen MR) is 82.0 cm³/mol.